The maximum atomic E-state index is 14.2. The molecular weight excluding hydrogens is 373 g/mol. The van der Waals surface area contributed by atoms with Gasteiger partial charge in [0.05, 0.1) is 0 Å². The molecule has 0 bridgehead atoms. The molecule has 0 aromatic heterocycles. The molecule has 152 valence electrons. The van der Waals surface area contributed by atoms with Crippen molar-refractivity contribution in [2.45, 2.75) is 38.8 Å². The van der Waals surface area contributed by atoms with E-state index in [9.17, 15) is 18.8 Å². The van der Waals surface area contributed by atoms with Gasteiger partial charge >= 0.3 is 6.03 Å². The third-order valence-electron chi connectivity index (χ3n) is 5.18. The molecular formula is C22H24FN3O3. The number of rotatable bonds is 6. The summed E-state index contributed by atoms with van der Waals surface area (Å²) >= 11 is 0. The van der Waals surface area contributed by atoms with Crippen molar-refractivity contribution >= 4 is 17.8 Å². The molecule has 6 nitrogen and oxygen atoms in total. The predicted molar refractivity (Wildman–Crippen MR) is 106 cm³/mol. The number of carbonyl (C=O) groups is 3. The molecule has 2 aromatic rings. The van der Waals surface area contributed by atoms with Gasteiger partial charge in [0.25, 0.3) is 5.91 Å². The first-order chi connectivity index (χ1) is 13.7. The van der Waals surface area contributed by atoms with Gasteiger partial charge in [-0.05, 0) is 44.4 Å². The molecule has 7 heteroatoms. The Morgan fingerprint density at radius 3 is 2.52 bits per heavy atom. The van der Waals surface area contributed by atoms with Crippen LogP contribution in [0.2, 0.25) is 0 Å². The second-order valence-electron chi connectivity index (χ2n) is 7.53. The number of urea groups is 1. The van der Waals surface area contributed by atoms with Crippen LogP contribution in [0.5, 0.6) is 0 Å². The minimum Gasteiger partial charge on any atom is -0.352 e. The molecule has 2 unspecified atom stereocenters. The van der Waals surface area contributed by atoms with E-state index in [0.717, 1.165) is 16.0 Å². The Kier molecular flexibility index (Phi) is 5.68. The summed E-state index contributed by atoms with van der Waals surface area (Å²) in [6, 6.07) is 12.8. The molecule has 1 fully saturated rings. The number of amides is 4. The summed E-state index contributed by atoms with van der Waals surface area (Å²) in [6.45, 7) is 4.87. The van der Waals surface area contributed by atoms with Gasteiger partial charge in [-0.1, -0.05) is 42.5 Å². The summed E-state index contributed by atoms with van der Waals surface area (Å²) in [5.74, 6) is -1.71. The number of hydrogen-bond donors (Lipinski definition) is 2. The molecule has 2 N–H and O–H groups in total. The fourth-order valence-electron chi connectivity index (χ4n) is 3.57. The van der Waals surface area contributed by atoms with Gasteiger partial charge in [-0.2, -0.15) is 0 Å². The van der Waals surface area contributed by atoms with Gasteiger partial charge in [0.15, 0.2) is 0 Å². The van der Waals surface area contributed by atoms with Crippen LogP contribution in [-0.2, 0) is 21.5 Å². The van der Waals surface area contributed by atoms with Gasteiger partial charge in [-0.3, -0.25) is 14.5 Å². The number of aryl methyl sites for hydroxylation is 1. The molecule has 3 rings (SSSR count). The first-order valence-electron chi connectivity index (χ1n) is 9.45. The van der Waals surface area contributed by atoms with E-state index in [-0.39, 0.29) is 11.6 Å². The Bertz CT molecular complexity index is 962. The topological polar surface area (TPSA) is 78.5 Å². The van der Waals surface area contributed by atoms with Crippen LogP contribution in [0.1, 0.15) is 30.5 Å². The highest BCUT2D eigenvalue weighted by atomic mass is 19.1. The number of nitrogens with zero attached hydrogens (tertiary/aromatic N) is 1. The molecule has 0 saturated carbocycles. The lowest BCUT2D eigenvalue weighted by atomic mass is 9.91. The van der Waals surface area contributed by atoms with Crippen LogP contribution >= 0.6 is 0 Å². The van der Waals surface area contributed by atoms with Crippen molar-refractivity contribution in [3.8, 4) is 0 Å². The lowest BCUT2D eigenvalue weighted by Gasteiger charge is -2.23. The van der Waals surface area contributed by atoms with Crippen molar-refractivity contribution < 1.29 is 18.8 Å². The molecule has 0 aliphatic carbocycles. The van der Waals surface area contributed by atoms with Crippen LogP contribution in [0.15, 0.2) is 48.5 Å². The number of imide groups is 1. The molecule has 1 heterocycles. The summed E-state index contributed by atoms with van der Waals surface area (Å²) in [7, 11) is 0. The van der Waals surface area contributed by atoms with Gasteiger partial charge in [0.1, 0.15) is 17.9 Å². The van der Waals surface area contributed by atoms with E-state index in [1.54, 1.807) is 6.07 Å². The molecule has 2 atom stereocenters. The van der Waals surface area contributed by atoms with Crippen molar-refractivity contribution in [3.05, 3.63) is 71.0 Å². The summed E-state index contributed by atoms with van der Waals surface area (Å²) < 4.78 is 14.2. The van der Waals surface area contributed by atoms with E-state index < -0.39 is 35.7 Å². The Balaban J connectivity index is 1.66. The average molecular weight is 397 g/mol. The molecule has 1 aliphatic heterocycles. The lowest BCUT2D eigenvalue weighted by Crippen LogP contribution is -2.45. The summed E-state index contributed by atoms with van der Waals surface area (Å²) in [5, 5.41) is 5.33. The zero-order valence-corrected chi connectivity index (χ0v) is 16.7. The van der Waals surface area contributed by atoms with Gasteiger partial charge < -0.3 is 10.6 Å². The zero-order chi connectivity index (χ0) is 21.2. The molecule has 29 heavy (non-hydrogen) atoms. The fraction of sp³-hybridized carbons (Fsp3) is 0.318. The van der Waals surface area contributed by atoms with Crippen molar-refractivity contribution in [1.82, 2.24) is 15.5 Å². The fourth-order valence-corrected chi connectivity index (χ4v) is 3.57. The van der Waals surface area contributed by atoms with Crippen molar-refractivity contribution in [2.24, 2.45) is 0 Å². The van der Waals surface area contributed by atoms with E-state index in [4.69, 9.17) is 0 Å². The van der Waals surface area contributed by atoms with Crippen molar-refractivity contribution in [1.29, 1.82) is 0 Å². The highest BCUT2D eigenvalue weighted by Crippen LogP contribution is 2.30. The molecule has 1 saturated heterocycles. The highest BCUT2D eigenvalue weighted by molar-refractivity contribution is 6.09. The number of benzene rings is 2. The first kappa shape index (κ1) is 20.5. The second kappa shape index (κ2) is 8.03. The highest BCUT2D eigenvalue weighted by Gasteiger charge is 2.50. The van der Waals surface area contributed by atoms with Gasteiger partial charge in [0.2, 0.25) is 5.91 Å². The number of hydrogen-bond acceptors (Lipinski definition) is 3. The quantitative estimate of drug-likeness (QED) is 0.736. The second-order valence-corrected chi connectivity index (χ2v) is 7.53. The van der Waals surface area contributed by atoms with E-state index in [1.807, 2.05) is 38.1 Å². The van der Waals surface area contributed by atoms with Crippen LogP contribution in [0, 0.1) is 12.7 Å². The lowest BCUT2D eigenvalue weighted by molar-refractivity contribution is -0.135. The van der Waals surface area contributed by atoms with Crippen molar-refractivity contribution in [2.75, 3.05) is 6.54 Å². The molecule has 1 aliphatic rings. The number of nitrogens with one attached hydrogen (secondary N) is 2. The van der Waals surface area contributed by atoms with Crippen LogP contribution in [-0.4, -0.2) is 35.3 Å². The minimum atomic E-state index is -1.55. The molecule has 0 radical (unpaired) electrons. The maximum absolute atomic E-state index is 14.2. The Morgan fingerprint density at radius 2 is 1.83 bits per heavy atom. The number of halogens is 1. The van der Waals surface area contributed by atoms with E-state index in [2.05, 4.69) is 10.6 Å². The summed E-state index contributed by atoms with van der Waals surface area (Å²) in [5.41, 5.74) is 0.759. The summed E-state index contributed by atoms with van der Waals surface area (Å²) in [6.07, 6.45) is 0.630. The van der Waals surface area contributed by atoms with Gasteiger partial charge in [-0.15, -0.1) is 0 Å². The van der Waals surface area contributed by atoms with Crippen LogP contribution < -0.4 is 10.6 Å². The average Bonchev–Trinajstić information content (AvgIpc) is 2.87. The largest absolute Gasteiger partial charge is 0.352 e. The Labute approximate surface area is 169 Å². The minimum absolute atomic E-state index is 0.0641. The Hall–Kier alpha value is -3.22. The third kappa shape index (κ3) is 4.13. The monoisotopic (exact) mass is 397 g/mol. The van der Waals surface area contributed by atoms with E-state index in [1.165, 1.54) is 25.1 Å². The normalized spacial score (nSPS) is 19.8. The van der Waals surface area contributed by atoms with E-state index >= 15 is 0 Å². The van der Waals surface area contributed by atoms with Crippen molar-refractivity contribution in [3.63, 3.8) is 0 Å². The molecule has 2 aromatic carbocycles. The first-order valence-corrected chi connectivity index (χ1v) is 9.45. The predicted octanol–water partition coefficient (Wildman–Crippen LogP) is 2.65. The zero-order valence-electron chi connectivity index (χ0n) is 16.7. The van der Waals surface area contributed by atoms with Crippen LogP contribution in [0.3, 0.4) is 0 Å². The van der Waals surface area contributed by atoms with Gasteiger partial charge in [0, 0.05) is 11.6 Å². The SMILES string of the molecule is Cc1ccccc1CC(C)NC(=O)CN1C(=O)NC(C)(c2ccccc2F)C1=O. The third-order valence-corrected chi connectivity index (χ3v) is 5.18. The van der Waals surface area contributed by atoms with Gasteiger partial charge in [-0.25, -0.2) is 9.18 Å². The van der Waals surface area contributed by atoms with E-state index in [0.29, 0.717) is 6.42 Å². The molecule has 4 amide bonds. The maximum Gasteiger partial charge on any atom is 0.325 e. The standard InChI is InChI=1S/C22H24FN3O3/c1-14-8-4-5-9-16(14)12-15(2)24-19(27)13-26-20(28)22(3,25-21(26)29)17-10-6-7-11-18(17)23/h4-11,15H,12-13H2,1-3H3,(H,24,27)(H,25,29). The number of carbonyl (C=O) groups excluding carboxylic acids is 3. The van der Waals surface area contributed by atoms with Crippen LogP contribution in [0.25, 0.3) is 0 Å². The smallest absolute Gasteiger partial charge is 0.325 e. The molecule has 0 spiro atoms. The summed E-state index contributed by atoms with van der Waals surface area (Å²) in [4.78, 5) is 38.4. The Morgan fingerprint density at radius 1 is 1.17 bits per heavy atom. The van der Waals surface area contributed by atoms with Crippen LogP contribution in [0.4, 0.5) is 9.18 Å².